The number of hydrogen-bond donors (Lipinski definition) is 1. The lowest BCUT2D eigenvalue weighted by Gasteiger charge is -2.40. The molecule has 0 spiro atoms. The molecule has 0 saturated carbocycles. The molecule has 1 atom stereocenters. The van der Waals surface area contributed by atoms with Crippen LogP contribution in [0.15, 0.2) is 0 Å². The number of carbonyl (C=O) groups is 2. The first-order valence-corrected chi connectivity index (χ1v) is 9.66. The number of amides is 1. The molecular formula is C12H23NO4Si. The van der Waals surface area contributed by atoms with Gasteiger partial charge >= 0.3 is 12.1 Å². The summed E-state index contributed by atoms with van der Waals surface area (Å²) in [5.74, 6) is -0.930. The second kappa shape index (κ2) is 4.91. The molecule has 1 fully saturated rings. The Kier molecular flexibility index (Phi) is 4.10. The number of rotatable bonds is 1. The second-order valence-electron chi connectivity index (χ2n) is 6.65. The summed E-state index contributed by atoms with van der Waals surface area (Å²) in [5, 5.41) is 9.26. The number of ether oxygens (including phenoxy) is 1. The largest absolute Gasteiger partial charge is 0.480 e. The Morgan fingerprint density at radius 2 is 1.89 bits per heavy atom. The monoisotopic (exact) mass is 273 g/mol. The van der Waals surface area contributed by atoms with Crippen molar-refractivity contribution < 1.29 is 19.4 Å². The standard InChI is InChI=1S/C12H23NO4Si/c1-12(2,3)17-11(16)13-6-7-18(4,5)8-9(13)10(14)15/h9H,6-8H2,1-5H3,(H,14,15)/t9-/m0/s1. The van der Waals surface area contributed by atoms with Crippen LogP contribution in [0.2, 0.25) is 25.2 Å². The maximum absolute atomic E-state index is 12.0. The molecule has 1 heterocycles. The summed E-state index contributed by atoms with van der Waals surface area (Å²) in [7, 11) is -1.49. The van der Waals surface area contributed by atoms with Gasteiger partial charge in [-0.05, 0) is 32.9 Å². The van der Waals surface area contributed by atoms with Gasteiger partial charge in [0.1, 0.15) is 11.6 Å². The lowest BCUT2D eigenvalue weighted by atomic mass is 10.2. The van der Waals surface area contributed by atoms with Crippen LogP contribution in [0.3, 0.4) is 0 Å². The molecule has 1 amide bonds. The van der Waals surface area contributed by atoms with Gasteiger partial charge in [-0.15, -0.1) is 0 Å². The number of carboxylic acid groups (broad SMARTS) is 1. The molecule has 1 aliphatic rings. The highest BCUT2D eigenvalue weighted by atomic mass is 28.3. The summed E-state index contributed by atoms with van der Waals surface area (Å²) in [4.78, 5) is 24.7. The summed E-state index contributed by atoms with van der Waals surface area (Å²) in [6, 6.07) is 0.799. The molecule has 5 nitrogen and oxygen atoms in total. The molecule has 0 aromatic heterocycles. The number of nitrogens with zero attached hydrogens (tertiary/aromatic N) is 1. The number of carboxylic acids is 1. The van der Waals surface area contributed by atoms with Gasteiger partial charge in [0, 0.05) is 6.54 Å². The fourth-order valence-electron chi connectivity index (χ4n) is 2.07. The smallest absolute Gasteiger partial charge is 0.411 e. The first-order valence-electron chi connectivity index (χ1n) is 6.24. The van der Waals surface area contributed by atoms with Crippen molar-refractivity contribution in [3.05, 3.63) is 0 Å². The molecule has 18 heavy (non-hydrogen) atoms. The van der Waals surface area contributed by atoms with Crippen LogP contribution in [0.5, 0.6) is 0 Å². The Morgan fingerprint density at radius 1 is 1.33 bits per heavy atom. The number of hydrogen-bond acceptors (Lipinski definition) is 3. The second-order valence-corrected chi connectivity index (χ2v) is 11.9. The molecule has 104 valence electrons. The Hall–Kier alpha value is -1.04. The predicted octanol–water partition coefficient (Wildman–Crippen LogP) is 2.40. The van der Waals surface area contributed by atoms with Gasteiger partial charge in [0.25, 0.3) is 0 Å². The van der Waals surface area contributed by atoms with E-state index in [1.165, 1.54) is 4.90 Å². The van der Waals surface area contributed by atoms with Gasteiger partial charge < -0.3 is 9.84 Å². The van der Waals surface area contributed by atoms with Gasteiger partial charge in [0.15, 0.2) is 0 Å². The van der Waals surface area contributed by atoms with E-state index in [4.69, 9.17) is 4.74 Å². The Morgan fingerprint density at radius 3 is 2.33 bits per heavy atom. The van der Waals surface area contributed by atoms with Crippen LogP contribution < -0.4 is 0 Å². The topological polar surface area (TPSA) is 66.8 Å². The van der Waals surface area contributed by atoms with E-state index in [0.29, 0.717) is 12.6 Å². The zero-order valence-electron chi connectivity index (χ0n) is 11.8. The van der Waals surface area contributed by atoms with Gasteiger partial charge in [-0.1, -0.05) is 13.1 Å². The van der Waals surface area contributed by atoms with Crippen LogP contribution in [0.25, 0.3) is 0 Å². The average Bonchev–Trinajstić information content (AvgIpc) is 2.12. The molecule has 0 aromatic rings. The van der Waals surface area contributed by atoms with Crippen molar-refractivity contribution in [1.29, 1.82) is 0 Å². The maximum atomic E-state index is 12.0. The molecule has 0 bridgehead atoms. The van der Waals surface area contributed by atoms with E-state index < -0.39 is 31.8 Å². The van der Waals surface area contributed by atoms with E-state index in [9.17, 15) is 14.7 Å². The molecule has 1 saturated heterocycles. The normalized spacial score (nSPS) is 23.6. The van der Waals surface area contributed by atoms with Gasteiger partial charge in [-0.2, -0.15) is 0 Å². The molecule has 0 radical (unpaired) electrons. The fourth-order valence-corrected chi connectivity index (χ4v) is 4.57. The van der Waals surface area contributed by atoms with Crippen molar-refractivity contribution in [3.8, 4) is 0 Å². The minimum Gasteiger partial charge on any atom is -0.480 e. The van der Waals surface area contributed by atoms with Crippen molar-refractivity contribution in [2.45, 2.75) is 57.6 Å². The van der Waals surface area contributed by atoms with Gasteiger partial charge in [0.2, 0.25) is 0 Å². The van der Waals surface area contributed by atoms with Gasteiger partial charge in [0.05, 0.1) is 8.07 Å². The molecule has 1 rings (SSSR count). The van der Waals surface area contributed by atoms with Crippen LogP contribution >= 0.6 is 0 Å². The Bertz CT molecular complexity index is 348. The summed E-state index contributed by atoms with van der Waals surface area (Å²) in [5.41, 5.74) is -0.593. The SMILES string of the molecule is CC(C)(C)OC(=O)N1CC[Si](C)(C)C[C@H]1C(=O)O. The van der Waals surface area contributed by atoms with Crippen molar-refractivity contribution >= 4 is 20.1 Å². The number of carbonyl (C=O) groups excluding carboxylic acids is 1. The van der Waals surface area contributed by atoms with Crippen LogP contribution in [-0.2, 0) is 9.53 Å². The minimum absolute atomic E-state index is 0.491. The van der Waals surface area contributed by atoms with Crippen molar-refractivity contribution in [2.24, 2.45) is 0 Å². The van der Waals surface area contributed by atoms with E-state index in [2.05, 4.69) is 13.1 Å². The summed E-state index contributed by atoms with van der Waals surface area (Å²) >= 11 is 0. The highest BCUT2D eigenvalue weighted by Gasteiger charge is 2.42. The quantitative estimate of drug-likeness (QED) is 0.745. The molecule has 0 aromatic carbocycles. The zero-order chi connectivity index (χ0) is 14.1. The van der Waals surface area contributed by atoms with Crippen molar-refractivity contribution in [3.63, 3.8) is 0 Å². The van der Waals surface area contributed by atoms with Crippen LogP contribution in [0.1, 0.15) is 20.8 Å². The first-order chi connectivity index (χ1) is 8.02. The van der Waals surface area contributed by atoms with Gasteiger partial charge in [-0.3, -0.25) is 4.90 Å². The third-order valence-electron chi connectivity index (χ3n) is 3.06. The van der Waals surface area contributed by atoms with E-state index in [1.54, 1.807) is 20.8 Å². The highest BCUT2D eigenvalue weighted by Crippen LogP contribution is 2.28. The predicted molar refractivity (Wildman–Crippen MR) is 71.5 cm³/mol. The minimum atomic E-state index is -1.49. The summed E-state index contributed by atoms with van der Waals surface area (Å²) in [6.45, 7) is 10.2. The van der Waals surface area contributed by atoms with E-state index >= 15 is 0 Å². The maximum Gasteiger partial charge on any atom is 0.411 e. The third kappa shape index (κ3) is 4.01. The van der Waals surface area contributed by atoms with E-state index in [1.807, 2.05) is 0 Å². The zero-order valence-corrected chi connectivity index (χ0v) is 12.8. The fraction of sp³-hybridized carbons (Fsp3) is 0.833. The van der Waals surface area contributed by atoms with E-state index in [-0.39, 0.29) is 0 Å². The molecule has 1 aliphatic heterocycles. The summed E-state index contributed by atoms with van der Waals surface area (Å²) < 4.78 is 5.26. The third-order valence-corrected chi connectivity index (χ3v) is 6.13. The summed E-state index contributed by atoms with van der Waals surface area (Å²) in [6.07, 6.45) is -0.514. The average molecular weight is 273 g/mol. The molecular weight excluding hydrogens is 250 g/mol. The molecule has 0 unspecified atom stereocenters. The van der Waals surface area contributed by atoms with E-state index in [0.717, 1.165) is 6.04 Å². The molecule has 1 N–H and O–H groups in total. The Labute approximate surface area is 109 Å². The van der Waals surface area contributed by atoms with Crippen LogP contribution in [-0.4, -0.2) is 48.3 Å². The first kappa shape index (κ1) is 15.0. The molecule has 0 aliphatic carbocycles. The lowest BCUT2D eigenvalue weighted by molar-refractivity contribution is -0.142. The highest BCUT2D eigenvalue weighted by molar-refractivity contribution is 6.78. The van der Waals surface area contributed by atoms with Crippen molar-refractivity contribution in [1.82, 2.24) is 4.90 Å². The molecule has 6 heteroatoms. The van der Waals surface area contributed by atoms with Crippen molar-refractivity contribution in [2.75, 3.05) is 6.54 Å². The number of aliphatic carboxylic acids is 1. The van der Waals surface area contributed by atoms with Crippen LogP contribution in [0.4, 0.5) is 4.79 Å². The lowest BCUT2D eigenvalue weighted by Crippen LogP contribution is -2.55. The van der Waals surface area contributed by atoms with Gasteiger partial charge in [-0.25, -0.2) is 9.59 Å². The van der Waals surface area contributed by atoms with Crippen LogP contribution in [0, 0.1) is 0 Å². The Balaban J connectivity index is 2.81.